The Morgan fingerprint density at radius 1 is 1.26 bits per heavy atom. The van der Waals surface area contributed by atoms with Gasteiger partial charge in [0.15, 0.2) is 0 Å². The molecule has 1 aliphatic rings. The summed E-state index contributed by atoms with van der Waals surface area (Å²) in [6.45, 7) is 7.47. The number of ether oxygens (including phenoxy) is 1. The number of nitrogens with zero attached hydrogens (tertiary/aromatic N) is 1. The van der Waals surface area contributed by atoms with Crippen molar-refractivity contribution in [1.82, 2.24) is 0 Å². The Kier molecular flexibility index (Phi) is 5.00. The molecule has 27 heavy (non-hydrogen) atoms. The monoisotopic (exact) mass is 383 g/mol. The summed E-state index contributed by atoms with van der Waals surface area (Å²) in [4.78, 5) is 28.2. The molecule has 1 aromatic heterocycles. The smallest absolute Gasteiger partial charge is 0.316 e. The van der Waals surface area contributed by atoms with E-state index in [-0.39, 0.29) is 11.9 Å². The summed E-state index contributed by atoms with van der Waals surface area (Å²) in [6, 6.07) is 9.94. The lowest BCUT2D eigenvalue weighted by molar-refractivity contribution is -0.146. The van der Waals surface area contributed by atoms with Crippen LogP contribution in [-0.4, -0.2) is 18.9 Å². The van der Waals surface area contributed by atoms with Crippen LogP contribution in [0, 0.1) is 12.3 Å². The Hall–Kier alpha value is -2.40. The maximum Gasteiger partial charge on any atom is 0.316 e. The number of anilines is 1. The van der Waals surface area contributed by atoms with E-state index in [4.69, 9.17) is 4.74 Å². The molecule has 0 aliphatic carbocycles. The first kappa shape index (κ1) is 19.4. The number of thiophene rings is 1. The van der Waals surface area contributed by atoms with E-state index >= 15 is 0 Å². The zero-order valence-electron chi connectivity index (χ0n) is 16.4. The molecule has 0 N–H and O–H groups in total. The number of fused-ring (bicyclic) bond motifs is 1. The molecule has 2 aromatic rings. The molecular weight excluding hydrogens is 358 g/mol. The second-order valence-electron chi connectivity index (χ2n) is 7.95. The number of likely N-dealkylation sites (N-methyl/N-ethyl adjacent to an activating group) is 1. The quantitative estimate of drug-likeness (QED) is 0.562. The number of para-hydroxylation sites is 1. The van der Waals surface area contributed by atoms with Crippen molar-refractivity contribution in [2.24, 2.45) is 5.41 Å². The van der Waals surface area contributed by atoms with Gasteiger partial charge in [-0.2, -0.15) is 0 Å². The first-order chi connectivity index (χ1) is 12.7. The Morgan fingerprint density at radius 3 is 2.59 bits per heavy atom. The molecule has 1 amide bonds. The zero-order chi connectivity index (χ0) is 19.8. The van der Waals surface area contributed by atoms with Gasteiger partial charge < -0.3 is 9.64 Å². The lowest BCUT2D eigenvalue weighted by Gasteiger charge is -2.27. The molecule has 2 heterocycles. The van der Waals surface area contributed by atoms with Gasteiger partial charge in [-0.05, 0) is 68.8 Å². The molecule has 0 radical (unpaired) electrons. The number of esters is 1. The van der Waals surface area contributed by atoms with Crippen LogP contribution in [0.4, 0.5) is 5.69 Å². The van der Waals surface area contributed by atoms with Crippen molar-refractivity contribution in [2.45, 2.75) is 39.5 Å². The molecule has 1 aliphatic heterocycles. The summed E-state index contributed by atoms with van der Waals surface area (Å²) in [5.74, 6) is -0.253. The van der Waals surface area contributed by atoms with E-state index in [1.165, 1.54) is 6.26 Å². The van der Waals surface area contributed by atoms with Gasteiger partial charge in [-0.15, -0.1) is 11.3 Å². The Labute approximate surface area is 164 Å². The van der Waals surface area contributed by atoms with Crippen LogP contribution < -0.4 is 4.90 Å². The lowest BCUT2D eigenvalue weighted by Crippen LogP contribution is -2.39. The van der Waals surface area contributed by atoms with Crippen LogP contribution in [-0.2, 0) is 19.7 Å². The predicted molar refractivity (Wildman–Crippen MR) is 109 cm³/mol. The number of carbonyl (C=O) groups excluding carboxylic acids is 2. The van der Waals surface area contributed by atoms with Crippen LogP contribution in [0.5, 0.6) is 0 Å². The SMILES string of the molecule is Cc1ccsc1C1(C/C=C/OC(=O)C(C)(C)C)C(=O)N(C)c2ccccc21. The van der Waals surface area contributed by atoms with Crippen molar-refractivity contribution in [1.29, 1.82) is 0 Å². The van der Waals surface area contributed by atoms with Gasteiger partial charge in [-0.3, -0.25) is 9.59 Å². The van der Waals surface area contributed by atoms with E-state index in [1.54, 1.807) is 22.3 Å². The number of rotatable bonds is 4. The Balaban J connectivity index is 2.01. The summed E-state index contributed by atoms with van der Waals surface area (Å²) in [5.41, 5.74) is 1.67. The first-order valence-corrected chi connectivity index (χ1v) is 9.86. The largest absolute Gasteiger partial charge is 0.434 e. The topological polar surface area (TPSA) is 46.6 Å². The van der Waals surface area contributed by atoms with Crippen molar-refractivity contribution < 1.29 is 14.3 Å². The van der Waals surface area contributed by atoms with Crippen molar-refractivity contribution in [3.63, 3.8) is 0 Å². The normalized spacial score (nSPS) is 19.6. The molecule has 0 saturated heterocycles. The highest BCUT2D eigenvalue weighted by Crippen LogP contribution is 2.50. The van der Waals surface area contributed by atoms with Crippen LogP contribution in [0.1, 0.15) is 43.2 Å². The van der Waals surface area contributed by atoms with Crippen LogP contribution in [0.15, 0.2) is 48.0 Å². The Morgan fingerprint density at radius 2 is 1.96 bits per heavy atom. The summed E-state index contributed by atoms with van der Waals surface area (Å²) >= 11 is 1.59. The van der Waals surface area contributed by atoms with Gasteiger partial charge in [-0.1, -0.05) is 18.2 Å². The van der Waals surface area contributed by atoms with E-state index in [9.17, 15) is 9.59 Å². The van der Waals surface area contributed by atoms with E-state index in [1.807, 2.05) is 70.5 Å². The zero-order valence-corrected chi connectivity index (χ0v) is 17.2. The van der Waals surface area contributed by atoms with Gasteiger partial charge in [0.1, 0.15) is 5.41 Å². The fourth-order valence-corrected chi connectivity index (χ4v) is 4.61. The van der Waals surface area contributed by atoms with Gasteiger partial charge in [0, 0.05) is 17.6 Å². The summed E-state index contributed by atoms with van der Waals surface area (Å²) < 4.78 is 5.27. The number of amides is 1. The third kappa shape index (κ3) is 3.21. The minimum absolute atomic E-state index is 0.0426. The number of allylic oxidation sites excluding steroid dienone is 1. The number of carbonyl (C=O) groups is 2. The van der Waals surface area contributed by atoms with Gasteiger partial charge in [-0.25, -0.2) is 0 Å². The standard InChI is InChI=1S/C22H25NO3S/c1-15-11-14-27-18(15)22(12-8-13-26-20(25)21(2,3)4)16-9-6-7-10-17(16)23(5)19(22)24/h6-11,13-14H,12H2,1-5H3/b13-8+. The molecule has 0 bridgehead atoms. The maximum absolute atomic E-state index is 13.4. The second kappa shape index (κ2) is 6.97. The number of hydrogen-bond acceptors (Lipinski definition) is 4. The third-order valence-electron chi connectivity index (χ3n) is 4.95. The molecule has 142 valence electrons. The molecule has 5 heteroatoms. The lowest BCUT2D eigenvalue weighted by atomic mass is 9.76. The molecule has 0 fully saturated rings. The Bertz CT molecular complexity index is 906. The van der Waals surface area contributed by atoms with Crippen LogP contribution in [0.3, 0.4) is 0 Å². The van der Waals surface area contributed by atoms with Crippen molar-refractivity contribution in [3.8, 4) is 0 Å². The second-order valence-corrected chi connectivity index (χ2v) is 8.87. The molecule has 4 nitrogen and oxygen atoms in total. The van der Waals surface area contributed by atoms with Gasteiger partial charge in [0.05, 0.1) is 11.7 Å². The minimum atomic E-state index is -0.783. The molecule has 1 unspecified atom stereocenters. The molecule has 1 aromatic carbocycles. The summed E-state index contributed by atoms with van der Waals surface area (Å²) in [5, 5.41) is 2.02. The fourth-order valence-electron chi connectivity index (χ4n) is 3.47. The summed E-state index contributed by atoms with van der Waals surface area (Å²) in [7, 11) is 1.81. The molecular formula is C22H25NO3S. The fraction of sp³-hybridized carbons (Fsp3) is 0.364. The maximum atomic E-state index is 13.4. The van der Waals surface area contributed by atoms with Gasteiger partial charge in [0.2, 0.25) is 5.91 Å². The van der Waals surface area contributed by atoms with Crippen molar-refractivity contribution in [3.05, 3.63) is 64.1 Å². The average Bonchev–Trinajstić information content (AvgIpc) is 3.14. The minimum Gasteiger partial charge on any atom is -0.434 e. The highest BCUT2D eigenvalue weighted by Gasteiger charge is 2.51. The van der Waals surface area contributed by atoms with Crippen LogP contribution in [0.2, 0.25) is 0 Å². The van der Waals surface area contributed by atoms with E-state index in [0.717, 1.165) is 21.7 Å². The van der Waals surface area contributed by atoms with Crippen molar-refractivity contribution >= 4 is 28.9 Å². The van der Waals surface area contributed by atoms with E-state index in [0.29, 0.717) is 6.42 Å². The van der Waals surface area contributed by atoms with E-state index < -0.39 is 10.8 Å². The first-order valence-electron chi connectivity index (χ1n) is 8.98. The number of benzene rings is 1. The molecule has 0 saturated carbocycles. The highest BCUT2D eigenvalue weighted by molar-refractivity contribution is 7.10. The molecule has 1 atom stereocenters. The summed E-state index contributed by atoms with van der Waals surface area (Å²) in [6.07, 6.45) is 3.65. The average molecular weight is 384 g/mol. The van der Waals surface area contributed by atoms with E-state index in [2.05, 4.69) is 0 Å². The number of hydrogen-bond donors (Lipinski definition) is 0. The predicted octanol–water partition coefficient (Wildman–Crippen LogP) is 4.81. The third-order valence-corrected chi connectivity index (χ3v) is 6.13. The van der Waals surface area contributed by atoms with Gasteiger partial charge >= 0.3 is 5.97 Å². The highest BCUT2D eigenvalue weighted by atomic mass is 32.1. The van der Waals surface area contributed by atoms with Gasteiger partial charge in [0.25, 0.3) is 0 Å². The van der Waals surface area contributed by atoms with Crippen LogP contribution in [0.25, 0.3) is 0 Å². The van der Waals surface area contributed by atoms with Crippen LogP contribution >= 0.6 is 11.3 Å². The number of aryl methyl sites for hydroxylation is 1. The van der Waals surface area contributed by atoms with Crippen molar-refractivity contribution in [2.75, 3.05) is 11.9 Å². The molecule has 0 spiro atoms. The molecule has 3 rings (SSSR count).